The molecule has 0 saturated heterocycles. The topological polar surface area (TPSA) is 92.3 Å². The van der Waals surface area contributed by atoms with Crippen LogP contribution in [0.2, 0.25) is 0 Å². The molecule has 2 aromatic rings. The molecule has 0 spiro atoms. The molecule has 136 valence electrons. The Kier molecular flexibility index (Phi) is 4.44. The van der Waals surface area contributed by atoms with Crippen molar-refractivity contribution in [1.29, 1.82) is 5.41 Å². The molecule has 1 aliphatic heterocycles. The monoisotopic (exact) mass is 352 g/mol. The van der Waals surface area contributed by atoms with Crippen LogP contribution in [-0.2, 0) is 4.79 Å². The van der Waals surface area contributed by atoms with E-state index in [9.17, 15) is 4.79 Å². The van der Waals surface area contributed by atoms with Crippen LogP contribution in [0.1, 0.15) is 37.3 Å². The number of amides is 1. The molecule has 2 heterocycles. The summed E-state index contributed by atoms with van der Waals surface area (Å²) in [7, 11) is 1.53. The van der Waals surface area contributed by atoms with E-state index >= 15 is 0 Å². The molecule has 26 heavy (non-hydrogen) atoms. The van der Waals surface area contributed by atoms with E-state index in [1.807, 2.05) is 45.2 Å². The third-order valence-electron chi connectivity index (χ3n) is 4.67. The van der Waals surface area contributed by atoms with Crippen molar-refractivity contribution in [2.45, 2.75) is 38.7 Å². The number of pyridine rings is 1. The molecule has 0 saturated carbocycles. The quantitative estimate of drug-likeness (QED) is 0.642. The molecule has 1 aromatic heterocycles. The summed E-state index contributed by atoms with van der Waals surface area (Å²) in [6, 6.07) is 7.92. The Morgan fingerprint density at radius 1 is 1.31 bits per heavy atom. The van der Waals surface area contributed by atoms with E-state index in [0.717, 1.165) is 22.3 Å². The van der Waals surface area contributed by atoms with Crippen molar-refractivity contribution in [1.82, 2.24) is 9.88 Å². The SMILES string of the molecule is Cc1cncc(-c2ccc3c(c2)[C@@H](C(=O)N(C)C(=N)N)CC(C)(C)O3)c1. The van der Waals surface area contributed by atoms with Crippen LogP contribution in [0.25, 0.3) is 11.1 Å². The lowest BCUT2D eigenvalue weighted by Gasteiger charge is -2.38. The maximum Gasteiger partial charge on any atom is 0.236 e. The summed E-state index contributed by atoms with van der Waals surface area (Å²) in [5, 5.41) is 7.58. The fourth-order valence-electron chi connectivity index (χ4n) is 3.32. The number of nitrogens with one attached hydrogen (secondary N) is 1. The fraction of sp³-hybridized carbons (Fsp3) is 0.350. The molecule has 0 fully saturated rings. The van der Waals surface area contributed by atoms with E-state index < -0.39 is 11.5 Å². The van der Waals surface area contributed by atoms with Gasteiger partial charge in [0.1, 0.15) is 11.4 Å². The number of aromatic nitrogens is 1. The molecule has 0 unspecified atom stereocenters. The molecule has 3 N–H and O–H groups in total. The number of fused-ring (bicyclic) bond motifs is 1. The highest BCUT2D eigenvalue weighted by molar-refractivity contribution is 5.98. The molecular formula is C20H24N4O2. The molecular weight excluding hydrogens is 328 g/mol. The molecule has 1 aliphatic rings. The van der Waals surface area contributed by atoms with Crippen LogP contribution in [0, 0.1) is 12.3 Å². The first kappa shape index (κ1) is 17.9. The lowest BCUT2D eigenvalue weighted by Crippen LogP contribution is -2.45. The standard InChI is InChI=1S/C20H24N4O2/c1-12-7-14(11-23-10-12)13-5-6-17-15(8-13)16(9-20(2,3)26-17)18(25)24(4)19(21)22/h5-8,10-11,16H,9H2,1-4H3,(H3,21,22)/t16-/m0/s1. The largest absolute Gasteiger partial charge is 0.488 e. The Morgan fingerprint density at radius 2 is 2.04 bits per heavy atom. The second-order valence-electron chi connectivity index (χ2n) is 7.40. The van der Waals surface area contributed by atoms with Crippen LogP contribution in [0.5, 0.6) is 5.75 Å². The van der Waals surface area contributed by atoms with Gasteiger partial charge < -0.3 is 10.5 Å². The summed E-state index contributed by atoms with van der Waals surface area (Å²) in [4.78, 5) is 18.4. The molecule has 1 atom stereocenters. The van der Waals surface area contributed by atoms with Gasteiger partial charge in [0.2, 0.25) is 5.91 Å². The number of carbonyl (C=O) groups excluding carboxylic acids is 1. The van der Waals surface area contributed by atoms with Crippen molar-refractivity contribution in [3.63, 3.8) is 0 Å². The van der Waals surface area contributed by atoms with Gasteiger partial charge in [-0.25, -0.2) is 0 Å². The summed E-state index contributed by atoms with van der Waals surface area (Å²) in [6.07, 6.45) is 4.13. The van der Waals surface area contributed by atoms with Crippen LogP contribution in [-0.4, -0.2) is 34.4 Å². The molecule has 1 aromatic carbocycles. The predicted octanol–water partition coefficient (Wildman–Crippen LogP) is 3.05. The van der Waals surface area contributed by atoms with Gasteiger partial charge in [-0.15, -0.1) is 0 Å². The third kappa shape index (κ3) is 3.40. The molecule has 0 radical (unpaired) electrons. The zero-order valence-corrected chi connectivity index (χ0v) is 15.5. The number of hydrogen-bond acceptors (Lipinski definition) is 4. The Balaban J connectivity index is 2.08. The lowest BCUT2D eigenvalue weighted by molar-refractivity contribution is -0.130. The highest BCUT2D eigenvalue weighted by Gasteiger charge is 2.39. The van der Waals surface area contributed by atoms with Crippen molar-refractivity contribution in [3.05, 3.63) is 47.8 Å². The number of nitrogens with zero attached hydrogens (tertiary/aromatic N) is 2. The summed E-state index contributed by atoms with van der Waals surface area (Å²) in [6.45, 7) is 5.92. The average Bonchev–Trinajstić information content (AvgIpc) is 2.58. The first-order valence-electron chi connectivity index (χ1n) is 8.54. The van der Waals surface area contributed by atoms with Crippen LogP contribution >= 0.6 is 0 Å². The Labute approximate surface area is 153 Å². The number of nitrogens with two attached hydrogens (primary N) is 1. The van der Waals surface area contributed by atoms with Gasteiger partial charge in [0.05, 0.1) is 5.92 Å². The normalized spacial score (nSPS) is 17.8. The summed E-state index contributed by atoms with van der Waals surface area (Å²) in [5.41, 5.74) is 8.90. The van der Waals surface area contributed by atoms with Gasteiger partial charge in [0.25, 0.3) is 0 Å². The molecule has 6 nitrogen and oxygen atoms in total. The first-order valence-corrected chi connectivity index (χ1v) is 8.54. The van der Waals surface area contributed by atoms with Gasteiger partial charge in [0, 0.05) is 37.0 Å². The minimum atomic E-state index is -0.475. The van der Waals surface area contributed by atoms with E-state index in [1.54, 1.807) is 6.20 Å². The highest BCUT2D eigenvalue weighted by atomic mass is 16.5. The maximum absolute atomic E-state index is 12.9. The number of likely N-dealkylation sites (N-methyl/N-ethyl adjacent to an activating group) is 1. The minimum absolute atomic E-state index is 0.199. The number of guanidine groups is 1. The first-order chi connectivity index (χ1) is 12.2. The van der Waals surface area contributed by atoms with E-state index in [4.69, 9.17) is 15.9 Å². The number of rotatable bonds is 2. The zero-order valence-electron chi connectivity index (χ0n) is 15.5. The Hall–Kier alpha value is -2.89. The van der Waals surface area contributed by atoms with Crippen LogP contribution in [0.4, 0.5) is 0 Å². The molecule has 3 rings (SSSR count). The van der Waals surface area contributed by atoms with E-state index in [1.165, 1.54) is 11.9 Å². The minimum Gasteiger partial charge on any atom is -0.488 e. The van der Waals surface area contributed by atoms with Crippen molar-refractivity contribution in [2.24, 2.45) is 5.73 Å². The zero-order chi connectivity index (χ0) is 19.1. The van der Waals surface area contributed by atoms with Gasteiger partial charge in [-0.05, 0) is 50.1 Å². The van der Waals surface area contributed by atoms with Gasteiger partial charge in [-0.2, -0.15) is 0 Å². The number of hydrogen-bond donors (Lipinski definition) is 2. The highest BCUT2D eigenvalue weighted by Crippen LogP contribution is 2.43. The third-order valence-corrected chi connectivity index (χ3v) is 4.67. The van der Waals surface area contributed by atoms with Crippen molar-refractivity contribution in [3.8, 4) is 16.9 Å². The predicted molar refractivity (Wildman–Crippen MR) is 101 cm³/mol. The second-order valence-corrected chi connectivity index (χ2v) is 7.40. The van der Waals surface area contributed by atoms with Gasteiger partial charge >= 0.3 is 0 Å². The lowest BCUT2D eigenvalue weighted by atomic mass is 9.82. The van der Waals surface area contributed by atoms with Crippen LogP contribution in [0.15, 0.2) is 36.7 Å². The van der Waals surface area contributed by atoms with Gasteiger partial charge in [0.15, 0.2) is 5.96 Å². The summed E-state index contributed by atoms with van der Waals surface area (Å²) in [5.74, 6) is -0.184. The van der Waals surface area contributed by atoms with E-state index in [2.05, 4.69) is 11.1 Å². The number of benzene rings is 1. The Bertz CT molecular complexity index is 876. The molecule has 0 aliphatic carbocycles. The van der Waals surface area contributed by atoms with Gasteiger partial charge in [-0.3, -0.25) is 20.1 Å². The maximum atomic E-state index is 12.9. The fourth-order valence-corrected chi connectivity index (χ4v) is 3.32. The Morgan fingerprint density at radius 3 is 2.69 bits per heavy atom. The summed E-state index contributed by atoms with van der Waals surface area (Å²) >= 11 is 0. The molecule has 6 heteroatoms. The summed E-state index contributed by atoms with van der Waals surface area (Å²) < 4.78 is 6.08. The van der Waals surface area contributed by atoms with Crippen molar-refractivity contribution >= 4 is 11.9 Å². The van der Waals surface area contributed by atoms with Crippen molar-refractivity contribution in [2.75, 3.05) is 7.05 Å². The van der Waals surface area contributed by atoms with E-state index in [-0.39, 0.29) is 11.9 Å². The van der Waals surface area contributed by atoms with Crippen molar-refractivity contribution < 1.29 is 9.53 Å². The van der Waals surface area contributed by atoms with Crippen LogP contribution < -0.4 is 10.5 Å². The average molecular weight is 352 g/mol. The smallest absolute Gasteiger partial charge is 0.236 e. The molecule has 1 amide bonds. The van der Waals surface area contributed by atoms with Crippen LogP contribution in [0.3, 0.4) is 0 Å². The number of carbonyl (C=O) groups is 1. The van der Waals surface area contributed by atoms with Gasteiger partial charge in [-0.1, -0.05) is 6.07 Å². The van der Waals surface area contributed by atoms with E-state index in [0.29, 0.717) is 12.2 Å². The second kappa shape index (κ2) is 6.44. The molecule has 0 bridgehead atoms. The number of aryl methyl sites for hydroxylation is 1. The number of ether oxygens (including phenoxy) is 1.